The number of H-pyrrole nitrogens is 1. The van der Waals surface area contributed by atoms with Gasteiger partial charge in [0.15, 0.2) is 5.78 Å². The number of Topliss-reactive ketones (excluding diaryl/α,β-unsaturated/α-hetero) is 1. The Kier molecular flexibility index (Phi) is 3.88. The number of aromatic amines is 1. The van der Waals surface area contributed by atoms with Crippen molar-refractivity contribution in [3.63, 3.8) is 0 Å². The zero-order valence-corrected chi connectivity index (χ0v) is 14.0. The van der Waals surface area contributed by atoms with E-state index in [9.17, 15) is 9.59 Å². The standard InChI is InChI=1S/C18H22N2O3/c1-5-14(22)16-15(23-4)7-6-12-13-8-9-20(11(3)21)10(2)17(13)19-18(12)16/h6-7,10,19H,5,8-9H2,1-4H3. The van der Waals surface area contributed by atoms with E-state index >= 15 is 0 Å². The van der Waals surface area contributed by atoms with E-state index in [-0.39, 0.29) is 17.7 Å². The summed E-state index contributed by atoms with van der Waals surface area (Å²) >= 11 is 0. The summed E-state index contributed by atoms with van der Waals surface area (Å²) in [4.78, 5) is 29.5. The second kappa shape index (κ2) is 5.72. The molecule has 3 rings (SSSR count). The van der Waals surface area contributed by atoms with Crippen LogP contribution in [0.1, 0.15) is 54.8 Å². The lowest BCUT2D eigenvalue weighted by atomic mass is 9.96. The number of rotatable bonds is 3. The molecule has 5 nitrogen and oxygen atoms in total. The Balaban J connectivity index is 2.24. The van der Waals surface area contributed by atoms with E-state index in [1.54, 1.807) is 14.0 Å². The molecule has 0 bridgehead atoms. The van der Waals surface area contributed by atoms with E-state index in [0.717, 1.165) is 23.0 Å². The van der Waals surface area contributed by atoms with E-state index < -0.39 is 0 Å². The molecular weight excluding hydrogens is 292 g/mol. The summed E-state index contributed by atoms with van der Waals surface area (Å²) in [6, 6.07) is 3.85. The summed E-state index contributed by atoms with van der Waals surface area (Å²) in [5.41, 5.74) is 3.68. The average Bonchev–Trinajstić information content (AvgIpc) is 2.92. The molecule has 0 saturated heterocycles. The van der Waals surface area contributed by atoms with Crippen molar-refractivity contribution in [3.05, 3.63) is 29.0 Å². The predicted octanol–water partition coefficient (Wildman–Crippen LogP) is 3.23. The number of nitrogens with zero attached hydrogens (tertiary/aromatic N) is 1. The summed E-state index contributed by atoms with van der Waals surface area (Å²) in [6.45, 7) is 6.18. The number of nitrogens with one attached hydrogen (secondary N) is 1. The third-order valence-electron chi connectivity index (χ3n) is 4.79. The van der Waals surface area contributed by atoms with Gasteiger partial charge in [-0.2, -0.15) is 0 Å². The van der Waals surface area contributed by atoms with Crippen molar-refractivity contribution in [3.8, 4) is 5.75 Å². The van der Waals surface area contributed by atoms with Crippen LogP contribution < -0.4 is 4.74 Å². The maximum absolute atomic E-state index is 12.4. The van der Waals surface area contributed by atoms with Crippen molar-refractivity contribution < 1.29 is 14.3 Å². The number of methoxy groups -OCH3 is 1. The SMILES string of the molecule is CCC(=O)c1c(OC)ccc2c3c([nH]c12)C(C)N(C(C)=O)CC3. The van der Waals surface area contributed by atoms with E-state index in [0.29, 0.717) is 24.3 Å². The van der Waals surface area contributed by atoms with Crippen molar-refractivity contribution in [1.29, 1.82) is 0 Å². The molecule has 122 valence electrons. The highest BCUT2D eigenvalue weighted by atomic mass is 16.5. The molecule has 1 atom stereocenters. The fourth-order valence-corrected chi connectivity index (χ4v) is 3.58. The largest absolute Gasteiger partial charge is 0.496 e. The number of aromatic nitrogens is 1. The molecule has 0 saturated carbocycles. The van der Waals surface area contributed by atoms with Crippen LogP contribution >= 0.6 is 0 Å². The van der Waals surface area contributed by atoms with Gasteiger partial charge in [-0.1, -0.05) is 6.92 Å². The van der Waals surface area contributed by atoms with Crippen LogP contribution in [-0.2, 0) is 11.2 Å². The van der Waals surface area contributed by atoms with Gasteiger partial charge in [0, 0.05) is 31.0 Å². The van der Waals surface area contributed by atoms with Gasteiger partial charge in [0.05, 0.1) is 24.2 Å². The molecule has 23 heavy (non-hydrogen) atoms. The van der Waals surface area contributed by atoms with Gasteiger partial charge in [-0.3, -0.25) is 9.59 Å². The number of carbonyl (C=O) groups is 2. The number of hydrogen-bond donors (Lipinski definition) is 1. The van der Waals surface area contributed by atoms with Crippen molar-refractivity contribution in [2.24, 2.45) is 0 Å². The molecule has 1 unspecified atom stereocenters. The molecular formula is C18H22N2O3. The third-order valence-corrected chi connectivity index (χ3v) is 4.79. The third kappa shape index (κ3) is 2.31. The minimum Gasteiger partial charge on any atom is -0.496 e. The minimum absolute atomic E-state index is 0.0146. The smallest absolute Gasteiger partial charge is 0.220 e. The van der Waals surface area contributed by atoms with Gasteiger partial charge < -0.3 is 14.6 Å². The van der Waals surface area contributed by atoms with Crippen LogP contribution in [-0.4, -0.2) is 35.2 Å². The van der Waals surface area contributed by atoms with Crippen molar-refractivity contribution in [2.75, 3.05) is 13.7 Å². The highest BCUT2D eigenvalue weighted by Crippen LogP contribution is 2.38. The van der Waals surface area contributed by atoms with Gasteiger partial charge >= 0.3 is 0 Å². The normalized spacial score (nSPS) is 17.2. The lowest BCUT2D eigenvalue weighted by Gasteiger charge is -2.32. The van der Waals surface area contributed by atoms with E-state index in [4.69, 9.17) is 4.74 Å². The topological polar surface area (TPSA) is 62.4 Å². The molecule has 0 fully saturated rings. The summed E-state index contributed by atoms with van der Waals surface area (Å²) in [6.07, 6.45) is 1.22. The molecule has 2 heterocycles. The van der Waals surface area contributed by atoms with Crippen molar-refractivity contribution >= 4 is 22.6 Å². The Hall–Kier alpha value is -2.30. The van der Waals surface area contributed by atoms with Crippen LogP contribution in [0, 0.1) is 0 Å². The van der Waals surface area contributed by atoms with E-state index in [1.807, 2.05) is 30.9 Å². The van der Waals surface area contributed by atoms with Crippen molar-refractivity contribution in [2.45, 2.75) is 39.7 Å². The predicted molar refractivity (Wildman–Crippen MR) is 89.0 cm³/mol. The molecule has 1 N–H and O–H groups in total. The molecule has 0 spiro atoms. The zero-order valence-electron chi connectivity index (χ0n) is 14.0. The van der Waals surface area contributed by atoms with Crippen LogP contribution in [0.2, 0.25) is 0 Å². The molecule has 1 aromatic heterocycles. The van der Waals surface area contributed by atoms with E-state index in [1.165, 1.54) is 5.56 Å². The number of fused-ring (bicyclic) bond motifs is 3. The number of ketones is 1. The van der Waals surface area contributed by atoms with Gasteiger partial charge in [-0.25, -0.2) is 0 Å². The second-order valence-corrected chi connectivity index (χ2v) is 6.00. The maximum Gasteiger partial charge on any atom is 0.220 e. The van der Waals surface area contributed by atoms with Gasteiger partial charge in [0.1, 0.15) is 5.75 Å². The highest BCUT2D eigenvalue weighted by Gasteiger charge is 2.30. The monoisotopic (exact) mass is 314 g/mol. The minimum atomic E-state index is -0.0146. The number of carbonyl (C=O) groups excluding carboxylic acids is 2. The van der Waals surface area contributed by atoms with Crippen LogP contribution in [0.4, 0.5) is 0 Å². The highest BCUT2D eigenvalue weighted by molar-refractivity contribution is 6.10. The van der Waals surface area contributed by atoms with Gasteiger partial charge in [0.2, 0.25) is 5.91 Å². The molecule has 5 heteroatoms. The second-order valence-electron chi connectivity index (χ2n) is 6.00. The first-order chi connectivity index (χ1) is 11.0. The summed E-state index contributed by atoms with van der Waals surface area (Å²) in [5, 5.41) is 1.06. The van der Waals surface area contributed by atoms with Gasteiger partial charge in [-0.15, -0.1) is 0 Å². The molecule has 0 aliphatic carbocycles. The Bertz CT molecular complexity index is 791. The fourth-order valence-electron chi connectivity index (χ4n) is 3.58. The molecule has 1 aliphatic rings. The molecule has 1 amide bonds. The number of hydrogen-bond acceptors (Lipinski definition) is 3. The van der Waals surface area contributed by atoms with Crippen LogP contribution in [0.15, 0.2) is 12.1 Å². The quantitative estimate of drug-likeness (QED) is 0.885. The number of benzene rings is 1. The van der Waals surface area contributed by atoms with Crippen LogP contribution in [0.3, 0.4) is 0 Å². The Labute approximate surface area is 135 Å². The Morgan fingerprint density at radius 1 is 1.39 bits per heavy atom. The number of amides is 1. The zero-order chi connectivity index (χ0) is 16.7. The molecule has 2 aromatic rings. The van der Waals surface area contributed by atoms with Gasteiger partial charge in [0.25, 0.3) is 0 Å². The fraction of sp³-hybridized carbons (Fsp3) is 0.444. The Morgan fingerprint density at radius 2 is 2.13 bits per heavy atom. The average molecular weight is 314 g/mol. The molecule has 0 radical (unpaired) electrons. The lowest BCUT2D eigenvalue weighted by molar-refractivity contribution is -0.131. The number of ether oxygens (including phenoxy) is 1. The molecule has 1 aliphatic heterocycles. The maximum atomic E-state index is 12.4. The first-order valence-electron chi connectivity index (χ1n) is 8.01. The van der Waals surface area contributed by atoms with E-state index in [2.05, 4.69) is 4.98 Å². The summed E-state index contributed by atoms with van der Waals surface area (Å²) in [7, 11) is 1.58. The summed E-state index contributed by atoms with van der Waals surface area (Å²) in [5.74, 6) is 0.727. The van der Waals surface area contributed by atoms with Crippen LogP contribution in [0.25, 0.3) is 10.9 Å². The van der Waals surface area contributed by atoms with Crippen LogP contribution in [0.5, 0.6) is 5.75 Å². The van der Waals surface area contributed by atoms with Gasteiger partial charge in [-0.05, 0) is 31.0 Å². The first-order valence-corrected chi connectivity index (χ1v) is 8.01. The summed E-state index contributed by atoms with van der Waals surface area (Å²) < 4.78 is 5.39. The first kappa shape index (κ1) is 15.6. The van der Waals surface area contributed by atoms with Crippen molar-refractivity contribution in [1.82, 2.24) is 9.88 Å². The lowest BCUT2D eigenvalue weighted by Crippen LogP contribution is -2.37. The Morgan fingerprint density at radius 3 is 2.74 bits per heavy atom. The molecule has 1 aromatic carbocycles.